The Morgan fingerprint density at radius 2 is 1.95 bits per heavy atom. The molecule has 2 aliphatic rings. The number of ether oxygens (including phenoxy) is 2. The van der Waals surface area contributed by atoms with Gasteiger partial charge in [0, 0.05) is 23.3 Å². The van der Waals surface area contributed by atoms with Crippen LogP contribution in [0.1, 0.15) is 104 Å². The van der Waals surface area contributed by atoms with E-state index in [0.717, 1.165) is 35.7 Å². The van der Waals surface area contributed by atoms with Crippen molar-refractivity contribution in [2.45, 2.75) is 76.5 Å². The van der Waals surface area contributed by atoms with Gasteiger partial charge in [-0.2, -0.15) is 0 Å². The molecule has 6 nitrogen and oxygen atoms in total. The van der Waals surface area contributed by atoms with Gasteiger partial charge in [-0.25, -0.2) is 4.79 Å². The molecule has 2 aromatic heterocycles. The number of carbonyl (C=O) groups is 1. The summed E-state index contributed by atoms with van der Waals surface area (Å²) in [5.41, 5.74) is 3.89. The molecule has 2 unspecified atom stereocenters. The summed E-state index contributed by atoms with van der Waals surface area (Å²) in [4.78, 5) is 15.0. The Kier molecular flexibility index (Phi) is 8.06. The van der Waals surface area contributed by atoms with E-state index in [1.165, 1.54) is 61.3 Å². The molecule has 6 heteroatoms. The maximum atomic E-state index is 11.3. The van der Waals surface area contributed by atoms with Crippen LogP contribution in [0.3, 0.4) is 0 Å². The van der Waals surface area contributed by atoms with Crippen molar-refractivity contribution in [3.05, 3.63) is 81.7 Å². The molecule has 1 aromatic carbocycles. The molecule has 0 amide bonds. The third-order valence-corrected chi connectivity index (χ3v) is 7.73. The van der Waals surface area contributed by atoms with Crippen molar-refractivity contribution in [2.75, 3.05) is 7.11 Å². The highest BCUT2D eigenvalue weighted by atomic mass is 16.6. The molecule has 0 aliphatic heterocycles. The second-order valence-electron chi connectivity index (χ2n) is 10.3. The molecule has 0 saturated heterocycles. The Morgan fingerprint density at radius 1 is 1.11 bits per heavy atom. The van der Waals surface area contributed by atoms with E-state index in [-0.39, 0.29) is 23.5 Å². The quantitative estimate of drug-likeness (QED) is 0.265. The van der Waals surface area contributed by atoms with Gasteiger partial charge < -0.3 is 24.0 Å². The summed E-state index contributed by atoms with van der Waals surface area (Å²) >= 11 is 0. The average Bonchev–Trinajstić information content (AvgIpc) is 3.57. The zero-order valence-corrected chi connectivity index (χ0v) is 22.3. The lowest BCUT2D eigenvalue weighted by molar-refractivity contribution is 0.0657. The summed E-state index contributed by atoms with van der Waals surface area (Å²) in [6, 6.07) is 11.4. The Morgan fingerprint density at radius 3 is 2.74 bits per heavy atom. The summed E-state index contributed by atoms with van der Waals surface area (Å²) in [7, 11) is 1.71. The van der Waals surface area contributed by atoms with E-state index >= 15 is 0 Å². The lowest BCUT2D eigenvalue weighted by Crippen LogP contribution is -2.22. The maximum absolute atomic E-state index is 11.3. The molecule has 38 heavy (non-hydrogen) atoms. The molecule has 0 radical (unpaired) electrons. The van der Waals surface area contributed by atoms with Gasteiger partial charge in [0.15, 0.2) is 5.76 Å². The zero-order valence-electron chi connectivity index (χ0n) is 22.3. The second-order valence-corrected chi connectivity index (χ2v) is 10.3. The number of rotatable bonds is 12. The standard InChI is InChI=1S/C32H37NO5/c1-3-4-5-6-7-8-11-21-16-17-26(37-28-19-18-27(38-28)32(34)35)31-29(21)30-24(14-10-15-25(30)33-31)22-12-9-13-23(20-22)36-2/h9,12-13,15-21,24,33H,3-8,10-11,14H2,1-2H3,(H,34,35). The van der Waals surface area contributed by atoms with E-state index in [0.29, 0.717) is 5.76 Å². The number of hydrogen-bond acceptors (Lipinski definition) is 4. The number of allylic oxidation sites excluding steroid dienone is 1. The second kappa shape index (κ2) is 11.8. The Balaban J connectivity index is 1.53. The molecule has 5 rings (SSSR count). The van der Waals surface area contributed by atoms with Crippen molar-refractivity contribution in [1.29, 1.82) is 0 Å². The average molecular weight is 516 g/mol. The first-order valence-corrected chi connectivity index (χ1v) is 13.9. The third-order valence-electron chi connectivity index (χ3n) is 7.73. The number of carboxylic acid groups (broad SMARTS) is 1. The number of methoxy groups -OCH3 is 1. The third kappa shape index (κ3) is 5.45. The number of H-pyrrole nitrogens is 1. The van der Waals surface area contributed by atoms with Crippen LogP contribution in [0.2, 0.25) is 0 Å². The zero-order chi connectivity index (χ0) is 26.5. The molecule has 0 saturated carbocycles. The minimum absolute atomic E-state index is 0.140. The lowest BCUT2D eigenvalue weighted by Gasteiger charge is -2.25. The predicted molar refractivity (Wildman–Crippen MR) is 148 cm³/mol. The molecule has 0 fully saturated rings. The van der Waals surface area contributed by atoms with Crippen LogP contribution in [-0.4, -0.2) is 23.2 Å². The van der Waals surface area contributed by atoms with E-state index in [4.69, 9.17) is 13.9 Å². The molecule has 3 aromatic rings. The van der Waals surface area contributed by atoms with E-state index in [2.05, 4.69) is 42.3 Å². The van der Waals surface area contributed by atoms with Crippen molar-refractivity contribution in [3.63, 3.8) is 0 Å². The largest absolute Gasteiger partial charge is 0.497 e. The molecule has 2 aliphatic carbocycles. The highest BCUT2D eigenvalue weighted by Crippen LogP contribution is 2.38. The van der Waals surface area contributed by atoms with Crippen molar-refractivity contribution in [2.24, 2.45) is 0 Å². The van der Waals surface area contributed by atoms with Gasteiger partial charge in [0.25, 0.3) is 5.95 Å². The summed E-state index contributed by atoms with van der Waals surface area (Å²) in [6.07, 6.45) is 17.2. The van der Waals surface area contributed by atoms with Gasteiger partial charge in [-0.3, -0.25) is 0 Å². The van der Waals surface area contributed by atoms with Crippen molar-refractivity contribution < 1.29 is 23.8 Å². The normalized spacial score (nSPS) is 18.0. The highest BCUT2D eigenvalue weighted by Gasteiger charge is 2.30. The van der Waals surface area contributed by atoms with Crippen molar-refractivity contribution >= 4 is 17.8 Å². The molecule has 2 N–H and O–H groups in total. The number of carboxylic acids is 1. The van der Waals surface area contributed by atoms with Gasteiger partial charge in [-0.15, -0.1) is 0 Å². The van der Waals surface area contributed by atoms with E-state index in [9.17, 15) is 9.90 Å². The van der Waals surface area contributed by atoms with Crippen LogP contribution in [0, 0.1) is 0 Å². The van der Waals surface area contributed by atoms with E-state index in [1.807, 2.05) is 12.1 Å². The van der Waals surface area contributed by atoms with Gasteiger partial charge in [0.1, 0.15) is 5.75 Å². The number of nitrogens with one attached hydrogen (secondary N) is 1. The smallest absolute Gasteiger partial charge is 0.371 e. The number of fused-ring (bicyclic) bond motifs is 3. The van der Waals surface area contributed by atoms with Gasteiger partial charge in [-0.1, -0.05) is 69.7 Å². The summed E-state index contributed by atoms with van der Waals surface area (Å²) in [5, 5.41) is 11.4. The minimum atomic E-state index is -1.12. The minimum Gasteiger partial charge on any atom is -0.497 e. The lowest BCUT2D eigenvalue weighted by atomic mass is 9.78. The molecule has 200 valence electrons. The van der Waals surface area contributed by atoms with Gasteiger partial charge in [0.05, 0.1) is 12.5 Å². The Labute approximate surface area is 223 Å². The molecular weight excluding hydrogens is 478 g/mol. The number of aromatic nitrogens is 1. The van der Waals surface area contributed by atoms with Crippen molar-refractivity contribution in [1.82, 2.24) is 4.98 Å². The molecule has 0 spiro atoms. The monoisotopic (exact) mass is 515 g/mol. The van der Waals surface area contributed by atoms with Gasteiger partial charge in [-0.05, 0) is 60.2 Å². The number of aromatic amines is 1. The van der Waals surface area contributed by atoms with Gasteiger partial charge >= 0.3 is 5.97 Å². The van der Waals surface area contributed by atoms with Gasteiger partial charge in [0.2, 0.25) is 5.76 Å². The first kappa shape index (κ1) is 26.0. The van der Waals surface area contributed by atoms with Crippen LogP contribution >= 0.6 is 0 Å². The fraction of sp³-hybridized carbons (Fsp3) is 0.406. The van der Waals surface area contributed by atoms with E-state index < -0.39 is 5.97 Å². The number of benzene rings is 1. The molecule has 0 bridgehead atoms. The first-order chi connectivity index (χ1) is 18.6. The van der Waals surface area contributed by atoms with Crippen LogP contribution in [0.5, 0.6) is 11.7 Å². The first-order valence-electron chi connectivity index (χ1n) is 13.9. The van der Waals surface area contributed by atoms with E-state index in [1.54, 1.807) is 13.2 Å². The maximum Gasteiger partial charge on any atom is 0.371 e. The number of unbranched alkanes of at least 4 members (excludes halogenated alkanes) is 5. The SMILES string of the molecule is CCCCCCCCC1C=CC(Oc2ccc(C(=O)O)o2)=c2[nH]c3c(c21)C(c1cccc(OC)c1)CCC=3. The molecule has 2 atom stereocenters. The number of furan rings is 1. The topological polar surface area (TPSA) is 84.7 Å². The fourth-order valence-electron chi connectivity index (χ4n) is 5.85. The number of aromatic carboxylic acids is 1. The fourth-order valence-corrected chi connectivity index (χ4v) is 5.85. The van der Waals surface area contributed by atoms with Crippen LogP contribution < -0.4 is 20.2 Å². The van der Waals surface area contributed by atoms with Crippen LogP contribution in [0.25, 0.3) is 11.8 Å². The summed E-state index contributed by atoms with van der Waals surface area (Å²) in [6.45, 7) is 2.25. The molecular formula is C32H37NO5. The van der Waals surface area contributed by atoms with Crippen molar-refractivity contribution in [3.8, 4) is 11.7 Å². The molecule has 2 heterocycles. The summed E-state index contributed by atoms with van der Waals surface area (Å²) < 4.78 is 17.1. The van der Waals surface area contributed by atoms with Crippen LogP contribution in [0.4, 0.5) is 0 Å². The van der Waals surface area contributed by atoms with Crippen LogP contribution in [0.15, 0.2) is 53.0 Å². The van der Waals surface area contributed by atoms with Crippen LogP contribution in [-0.2, 0) is 0 Å². The highest BCUT2D eigenvalue weighted by molar-refractivity contribution is 5.84. The predicted octanol–water partition coefficient (Wildman–Crippen LogP) is 6.61. The number of hydrogen-bond donors (Lipinski definition) is 2. The Bertz CT molecular complexity index is 1430. The Hall–Kier alpha value is -3.67. The summed E-state index contributed by atoms with van der Waals surface area (Å²) in [5.74, 6) is 0.977.